The fourth-order valence-corrected chi connectivity index (χ4v) is 1.92. The summed E-state index contributed by atoms with van der Waals surface area (Å²) in [6, 6.07) is 5.52. The average Bonchev–Trinajstić information content (AvgIpc) is 2.38. The van der Waals surface area contributed by atoms with E-state index < -0.39 is 0 Å². The van der Waals surface area contributed by atoms with E-state index in [4.69, 9.17) is 5.73 Å². The van der Waals surface area contributed by atoms with Crippen LogP contribution in [0.2, 0.25) is 0 Å². The summed E-state index contributed by atoms with van der Waals surface area (Å²) in [6.07, 6.45) is 1.08. The van der Waals surface area contributed by atoms with Crippen LogP contribution in [0, 0.1) is 12.8 Å². The Morgan fingerprint density at radius 1 is 1.39 bits per heavy atom. The summed E-state index contributed by atoms with van der Waals surface area (Å²) in [4.78, 5) is 14.4. The van der Waals surface area contributed by atoms with Gasteiger partial charge in [0.05, 0.1) is 0 Å². The molecule has 0 aromatic heterocycles. The van der Waals surface area contributed by atoms with Crippen molar-refractivity contribution in [2.45, 2.75) is 34.1 Å². The highest BCUT2D eigenvalue weighted by molar-refractivity contribution is 5.96. The number of benzene rings is 1. The van der Waals surface area contributed by atoms with Crippen LogP contribution in [-0.2, 0) is 0 Å². The number of hydrogen-bond acceptors (Lipinski definition) is 2. The van der Waals surface area contributed by atoms with Crippen molar-refractivity contribution in [1.29, 1.82) is 0 Å². The summed E-state index contributed by atoms with van der Waals surface area (Å²) in [5.41, 5.74) is 8.14. The van der Waals surface area contributed by atoms with Gasteiger partial charge in [0.1, 0.15) is 0 Å². The maximum atomic E-state index is 12.5. The van der Waals surface area contributed by atoms with E-state index >= 15 is 0 Å². The van der Waals surface area contributed by atoms with Crippen molar-refractivity contribution < 1.29 is 4.79 Å². The van der Waals surface area contributed by atoms with Crippen LogP contribution in [0.5, 0.6) is 0 Å². The molecule has 1 atom stereocenters. The highest BCUT2D eigenvalue weighted by Gasteiger charge is 2.18. The van der Waals surface area contributed by atoms with E-state index in [0.717, 1.165) is 30.6 Å². The lowest BCUT2D eigenvalue weighted by Crippen LogP contribution is -2.35. The van der Waals surface area contributed by atoms with Crippen LogP contribution < -0.4 is 5.73 Å². The Kier molecular flexibility index (Phi) is 5.20. The SMILES string of the molecule is CCC(C)CN(CC)C(=O)c1cccc(N)c1C. The van der Waals surface area contributed by atoms with Gasteiger partial charge in [-0.2, -0.15) is 0 Å². The first kappa shape index (κ1) is 14.6. The number of amides is 1. The number of carbonyl (C=O) groups excluding carboxylic acids is 1. The molecule has 0 aliphatic heterocycles. The summed E-state index contributed by atoms with van der Waals surface area (Å²) < 4.78 is 0. The molecule has 0 aliphatic carbocycles. The number of nitrogens with zero attached hydrogens (tertiary/aromatic N) is 1. The van der Waals surface area contributed by atoms with Gasteiger partial charge in [0.2, 0.25) is 0 Å². The van der Waals surface area contributed by atoms with Crippen molar-refractivity contribution in [2.75, 3.05) is 18.8 Å². The Labute approximate surface area is 110 Å². The molecule has 1 aromatic rings. The topological polar surface area (TPSA) is 46.3 Å². The largest absolute Gasteiger partial charge is 0.398 e. The predicted octanol–water partition coefficient (Wildman–Crippen LogP) is 3.09. The van der Waals surface area contributed by atoms with Crippen LogP contribution in [0.4, 0.5) is 5.69 Å². The zero-order valence-corrected chi connectivity index (χ0v) is 11.9. The molecule has 0 spiro atoms. The second kappa shape index (κ2) is 6.43. The zero-order valence-electron chi connectivity index (χ0n) is 11.9. The van der Waals surface area contributed by atoms with E-state index in [9.17, 15) is 4.79 Å². The Balaban J connectivity index is 2.93. The maximum Gasteiger partial charge on any atom is 0.254 e. The summed E-state index contributed by atoms with van der Waals surface area (Å²) in [7, 11) is 0. The van der Waals surface area contributed by atoms with Gasteiger partial charge >= 0.3 is 0 Å². The normalized spacial score (nSPS) is 12.2. The van der Waals surface area contributed by atoms with Gasteiger partial charge in [0, 0.05) is 24.3 Å². The number of rotatable bonds is 5. The van der Waals surface area contributed by atoms with Gasteiger partial charge in [-0.3, -0.25) is 4.79 Å². The van der Waals surface area contributed by atoms with Gasteiger partial charge in [-0.15, -0.1) is 0 Å². The van der Waals surface area contributed by atoms with Crippen molar-refractivity contribution in [2.24, 2.45) is 5.92 Å². The van der Waals surface area contributed by atoms with Crippen molar-refractivity contribution in [3.63, 3.8) is 0 Å². The minimum absolute atomic E-state index is 0.0857. The Morgan fingerprint density at radius 3 is 2.61 bits per heavy atom. The van der Waals surface area contributed by atoms with E-state index in [1.165, 1.54) is 0 Å². The third kappa shape index (κ3) is 3.25. The molecule has 1 amide bonds. The maximum absolute atomic E-state index is 12.5. The average molecular weight is 248 g/mol. The molecule has 0 bridgehead atoms. The lowest BCUT2D eigenvalue weighted by molar-refractivity contribution is 0.0740. The molecule has 100 valence electrons. The molecule has 1 unspecified atom stereocenters. The molecule has 0 saturated carbocycles. The first-order chi connectivity index (χ1) is 8.51. The van der Waals surface area contributed by atoms with Crippen LogP contribution in [0.1, 0.15) is 43.1 Å². The van der Waals surface area contributed by atoms with E-state index in [2.05, 4.69) is 13.8 Å². The van der Waals surface area contributed by atoms with Gasteiger partial charge < -0.3 is 10.6 Å². The second-order valence-corrected chi connectivity index (χ2v) is 4.88. The summed E-state index contributed by atoms with van der Waals surface area (Å²) >= 11 is 0. The quantitative estimate of drug-likeness (QED) is 0.814. The van der Waals surface area contributed by atoms with Crippen LogP contribution in [-0.4, -0.2) is 23.9 Å². The number of carbonyl (C=O) groups is 1. The molecule has 3 heteroatoms. The van der Waals surface area contributed by atoms with Crippen molar-refractivity contribution >= 4 is 11.6 Å². The number of nitrogens with two attached hydrogens (primary N) is 1. The van der Waals surface area contributed by atoms with E-state index in [-0.39, 0.29) is 5.91 Å². The Bertz CT molecular complexity index is 415. The smallest absolute Gasteiger partial charge is 0.254 e. The summed E-state index contributed by atoms with van der Waals surface area (Å²) in [5.74, 6) is 0.609. The van der Waals surface area contributed by atoms with Gasteiger partial charge in [-0.05, 0) is 37.5 Å². The van der Waals surface area contributed by atoms with Crippen LogP contribution in [0.25, 0.3) is 0 Å². The van der Waals surface area contributed by atoms with E-state index in [1.54, 1.807) is 0 Å². The third-order valence-corrected chi connectivity index (χ3v) is 3.50. The fourth-order valence-electron chi connectivity index (χ4n) is 1.92. The number of hydrogen-bond donors (Lipinski definition) is 1. The van der Waals surface area contributed by atoms with Gasteiger partial charge in [-0.1, -0.05) is 26.3 Å². The van der Waals surface area contributed by atoms with Crippen LogP contribution in [0.15, 0.2) is 18.2 Å². The minimum Gasteiger partial charge on any atom is -0.398 e. The molecule has 3 nitrogen and oxygen atoms in total. The molecule has 18 heavy (non-hydrogen) atoms. The van der Waals surface area contributed by atoms with Gasteiger partial charge in [0.25, 0.3) is 5.91 Å². The van der Waals surface area contributed by atoms with Gasteiger partial charge in [-0.25, -0.2) is 0 Å². The second-order valence-electron chi connectivity index (χ2n) is 4.88. The lowest BCUT2D eigenvalue weighted by Gasteiger charge is -2.25. The van der Waals surface area contributed by atoms with Crippen molar-refractivity contribution in [3.8, 4) is 0 Å². The molecule has 0 heterocycles. The first-order valence-corrected chi connectivity index (χ1v) is 6.65. The van der Waals surface area contributed by atoms with Gasteiger partial charge in [0.15, 0.2) is 0 Å². The first-order valence-electron chi connectivity index (χ1n) is 6.65. The standard InChI is InChI=1S/C15H24N2O/c1-5-11(3)10-17(6-2)15(18)13-8-7-9-14(16)12(13)4/h7-9,11H,5-6,10,16H2,1-4H3. The molecule has 0 saturated heterocycles. The van der Waals surface area contributed by atoms with E-state index in [1.807, 2.05) is 36.9 Å². The van der Waals surface area contributed by atoms with Crippen molar-refractivity contribution in [3.05, 3.63) is 29.3 Å². The molecule has 0 aliphatic rings. The molecular formula is C15H24N2O. The summed E-state index contributed by atoms with van der Waals surface area (Å²) in [6.45, 7) is 9.77. The molecule has 0 radical (unpaired) electrons. The van der Waals surface area contributed by atoms with Crippen LogP contribution in [0.3, 0.4) is 0 Å². The molecular weight excluding hydrogens is 224 g/mol. The number of nitrogen functional groups attached to an aromatic ring is 1. The molecule has 0 fully saturated rings. The lowest BCUT2D eigenvalue weighted by atomic mass is 10.0. The van der Waals surface area contributed by atoms with Crippen molar-refractivity contribution in [1.82, 2.24) is 4.90 Å². The van der Waals surface area contributed by atoms with E-state index in [0.29, 0.717) is 11.6 Å². The minimum atomic E-state index is 0.0857. The highest BCUT2D eigenvalue weighted by atomic mass is 16.2. The molecule has 1 aromatic carbocycles. The number of anilines is 1. The van der Waals surface area contributed by atoms with Crippen LogP contribution >= 0.6 is 0 Å². The zero-order chi connectivity index (χ0) is 13.7. The molecule has 1 rings (SSSR count). The summed E-state index contributed by atoms with van der Waals surface area (Å²) in [5, 5.41) is 0. The highest BCUT2D eigenvalue weighted by Crippen LogP contribution is 2.18. The third-order valence-electron chi connectivity index (χ3n) is 3.50. The fraction of sp³-hybridized carbons (Fsp3) is 0.533. The Hall–Kier alpha value is -1.51. The monoisotopic (exact) mass is 248 g/mol. The molecule has 2 N–H and O–H groups in total. The predicted molar refractivity (Wildman–Crippen MR) is 76.6 cm³/mol. The Morgan fingerprint density at radius 2 is 2.06 bits per heavy atom.